The summed E-state index contributed by atoms with van der Waals surface area (Å²) in [6, 6.07) is 0.430. The molecule has 2 N–H and O–H groups in total. The van der Waals surface area contributed by atoms with Crippen LogP contribution in [0.4, 0.5) is 0 Å². The Hall–Kier alpha value is -0.610. The molecule has 1 rings (SSSR count). The molecule has 17 heavy (non-hydrogen) atoms. The van der Waals surface area contributed by atoms with Gasteiger partial charge in [-0.3, -0.25) is 4.79 Å². The Kier molecular flexibility index (Phi) is 7.21. The van der Waals surface area contributed by atoms with Gasteiger partial charge in [-0.15, -0.1) is 0 Å². The molecule has 0 aliphatic heterocycles. The van der Waals surface area contributed by atoms with Gasteiger partial charge in [-0.1, -0.05) is 19.3 Å². The number of hydrogen-bond acceptors (Lipinski definition) is 3. The SMILES string of the molecule is CN(C)CCCNCC(=O)NC1CCCCC1. The van der Waals surface area contributed by atoms with E-state index >= 15 is 0 Å². The second-order valence-corrected chi connectivity index (χ2v) is 5.24. The average molecular weight is 241 g/mol. The van der Waals surface area contributed by atoms with E-state index in [0.29, 0.717) is 12.6 Å². The molecule has 0 atom stereocenters. The van der Waals surface area contributed by atoms with Crippen molar-refractivity contribution >= 4 is 5.91 Å². The molecule has 1 saturated carbocycles. The summed E-state index contributed by atoms with van der Waals surface area (Å²) in [5.41, 5.74) is 0. The second kappa shape index (κ2) is 8.48. The Labute approximate surface area is 105 Å². The van der Waals surface area contributed by atoms with Gasteiger partial charge in [0.25, 0.3) is 0 Å². The van der Waals surface area contributed by atoms with Crippen LogP contribution in [0.5, 0.6) is 0 Å². The molecule has 0 aromatic heterocycles. The number of rotatable bonds is 7. The van der Waals surface area contributed by atoms with Crippen molar-refractivity contribution in [2.24, 2.45) is 0 Å². The average Bonchev–Trinajstić information content (AvgIpc) is 2.29. The van der Waals surface area contributed by atoms with Crippen molar-refractivity contribution in [3.63, 3.8) is 0 Å². The Morgan fingerprint density at radius 2 is 1.94 bits per heavy atom. The van der Waals surface area contributed by atoms with Crippen molar-refractivity contribution < 1.29 is 4.79 Å². The third-order valence-corrected chi connectivity index (χ3v) is 3.21. The predicted molar refractivity (Wildman–Crippen MR) is 71.1 cm³/mol. The number of hydrogen-bond donors (Lipinski definition) is 2. The molecule has 0 radical (unpaired) electrons. The molecule has 0 aromatic rings. The third kappa shape index (κ3) is 7.34. The number of amides is 1. The first-order valence-electron chi connectivity index (χ1n) is 6.83. The summed E-state index contributed by atoms with van der Waals surface area (Å²) in [7, 11) is 4.13. The topological polar surface area (TPSA) is 44.4 Å². The van der Waals surface area contributed by atoms with Crippen LogP contribution in [0.3, 0.4) is 0 Å². The first kappa shape index (κ1) is 14.5. The van der Waals surface area contributed by atoms with Crippen LogP contribution < -0.4 is 10.6 Å². The fourth-order valence-corrected chi connectivity index (χ4v) is 2.25. The Bertz CT molecular complexity index is 213. The smallest absolute Gasteiger partial charge is 0.234 e. The van der Waals surface area contributed by atoms with Gasteiger partial charge in [-0.2, -0.15) is 0 Å². The van der Waals surface area contributed by atoms with Gasteiger partial charge in [0.1, 0.15) is 0 Å². The van der Waals surface area contributed by atoms with Crippen molar-refractivity contribution in [1.82, 2.24) is 15.5 Å². The fourth-order valence-electron chi connectivity index (χ4n) is 2.25. The summed E-state index contributed by atoms with van der Waals surface area (Å²) in [4.78, 5) is 13.8. The summed E-state index contributed by atoms with van der Waals surface area (Å²) < 4.78 is 0. The van der Waals surface area contributed by atoms with Crippen LogP contribution in [-0.4, -0.2) is 50.6 Å². The van der Waals surface area contributed by atoms with Crippen LogP contribution in [0.15, 0.2) is 0 Å². The molecule has 1 fully saturated rings. The lowest BCUT2D eigenvalue weighted by Crippen LogP contribution is -2.41. The highest BCUT2D eigenvalue weighted by Gasteiger charge is 2.14. The van der Waals surface area contributed by atoms with Crippen molar-refractivity contribution in [2.45, 2.75) is 44.6 Å². The molecule has 1 amide bonds. The van der Waals surface area contributed by atoms with Crippen LogP contribution in [0.1, 0.15) is 38.5 Å². The third-order valence-electron chi connectivity index (χ3n) is 3.21. The highest BCUT2D eigenvalue weighted by Crippen LogP contribution is 2.16. The molecule has 4 nitrogen and oxygen atoms in total. The van der Waals surface area contributed by atoms with E-state index in [9.17, 15) is 4.79 Å². The lowest BCUT2D eigenvalue weighted by atomic mass is 9.95. The quantitative estimate of drug-likeness (QED) is 0.653. The molecule has 0 aromatic carbocycles. The highest BCUT2D eigenvalue weighted by atomic mass is 16.1. The van der Waals surface area contributed by atoms with Gasteiger partial charge in [-0.25, -0.2) is 0 Å². The molecule has 0 spiro atoms. The van der Waals surface area contributed by atoms with Gasteiger partial charge in [0, 0.05) is 6.04 Å². The van der Waals surface area contributed by atoms with E-state index in [2.05, 4.69) is 29.6 Å². The standard InChI is InChI=1S/C13H27N3O/c1-16(2)10-6-9-14-11-13(17)15-12-7-4-3-5-8-12/h12,14H,3-11H2,1-2H3,(H,15,17). The number of carbonyl (C=O) groups is 1. The maximum Gasteiger partial charge on any atom is 0.234 e. The largest absolute Gasteiger partial charge is 0.352 e. The van der Waals surface area contributed by atoms with Crippen molar-refractivity contribution in [3.05, 3.63) is 0 Å². The first-order chi connectivity index (χ1) is 8.18. The molecule has 1 aliphatic rings. The zero-order valence-corrected chi connectivity index (χ0v) is 11.3. The van der Waals surface area contributed by atoms with E-state index in [-0.39, 0.29) is 5.91 Å². The van der Waals surface area contributed by atoms with E-state index in [1.54, 1.807) is 0 Å². The minimum Gasteiger partial charge on any atom is -0.352 e. The molecule has 100 valence electrons. The molecule has 0 unspecified atom stereocenters. The second-order valence-electron chi connectivity index (χ2n) is 5.24. The molecule has 0 heterocycles. The number of carbonyl (C=O) groups excluding carboxylic acids is 1. The molecule has 4 heteroatoms. The van der Waals surface area contributed by atoms with Gasteiger partial charge in [0.15, 0.2) is 0 Å². The van der Waals surface area contributed by atoms with E-state index in [1.165, 1.54) is 19.3 Å². The summed E-state index contributed by atoms with van der Waals surface area (Å²) >= 11 is 0. The van der Waals surface area contributed by atoms with Crippen LogP contribution in [0.25, 0.3) is 0 Å². The predicted octanol–water partition coefficient (Wildman–Crippen LogP) is 0.977. The zero-order valence-electron chi connectivity index (χ0n) is 11.3. The fraction of sp³-hybridized carbons (Fsp3) is 0.923. The zero-order chi connectivity index (χ0) is 12.5. The van der Waals surface area contributed by atoms with Crippen molar-refractivity contribution in [1.29, 1.82) is 0 Å². The van der Waals surface area contributed by atoms with Gasteiger partial charge >= 0.3 is 0 Å². The minimum atomic E-state index is 0.154. The van der Waals surface area contributed by atoms with Gasteiger partial charge in [0.2, 0.25) is 5.91 Å². The Morgan fingerprint density at radius 1 is 1.24 bits per heavy atom. The number of nitrogens with one attached hydrogen (secondary N) is 2. The summed E-state index contributed by atoms with van der Waals surface area (Å²) in [6.45, 7) is 2.44. The van der Waals surface area contributed by atoms with Crippen LogP contribution in [-0.2, 0) is 4.79 Å². The maximum atomic E-state index is 11.6. The summed E-state index contributed by atoms with van der Waals surface area (Å²) in [5.74, 6) is 0.154. The molecular weight excluding hydrogens is 214 g/mol. The Morgan fingerprint density at radius 3 is 2.59 bits per heavy atom. The lowest BCUT2D eigenvalue weighted by molar-refractivity contribution is -0.121. The Balaban J connectivity index is 1.97. The highest BCUT2D eigenvalue weighted by molar-refractivity contribution is 5.78. The lowest BCUT2D eigenvalue weighted by Gasteiger charge is -2.22. The molecule has 0 saturated heterocycles. The summed E-state index contributed by atoms with van der Waals surface area (Å²) in [5, 5.41) is 6.30. The van der Waals surface area contributed by atoms with E-state index in [0.717, 1.165) is 32.4 Å². The van der Waals surface area contributed by atoms with Crippen LogP contribution >= 0.6 is 0 Å². The molecular formula is C13H27N3O. The first-order valence-corrected chi connectivity index (χ1v) is 6.83. The maximum absolute atomic E-state index is 11.6. The van der Waals surface area contributed by atoms with Crippen LogP contribution in [0.2, 0.25) is 0 Å². The van der Waals surface area contributed by atoms with E-state index in [4.69, 9.17) is 0 Å². The minimum absolute atomic E-state index is 0.154. The molecule has 1 aliphatic carbocycles. The van der Waals surface area contributed by atoms with E-state index in [1.807, 2.05) is 0 Å². The molecule has 0 bridgehead atoms. The van der Waals surface area contributed by atoms with E-state index < -0.39 is 0 Å². The monoisotopic (exact) mass is 241 g/mol. The van der Waals surface area contributed by atoms with Gasteiger partial charge in [-0.05, 0) is 46.4 Å². The van der Waals surface area contributed by atoms with Crippen LogP contribution in [0, 0.1) is 0 Å². The van der Waals surface area contributed by atoms with Crippen molar-refractivity contribution in [3.8, 4) is 0 Å². The number of nitrogens with zero attached hydrogens (tertiary/aromatic N) is 1. The normalized spacial score (nSPS) is 17.4. The van der Waals surface area contributed by atoms with Crippen molar-refractivity contribution in [2.75, 3.05) is 33.7 Å². The van der Waals surface area contributed by atoms with Gasteiger partial charge in [0.05, 0.1) is 6.54 Å². The van der Waals surface area contributed by atoms with Gasteiger partial charge < -0.3 is 15.5 Å². The summed E-state index contributed by atoms with van der Waals surface area (Å²) in [6.07, 6.45) is 7.26.